The molecule has 0 N–H and O–H groups in total. The molecule has 1 heterocycles. The number of unbranched alkanes of at least 4 members (excludes halogenated alkanes) is 1. The van der Waals surface area contributed by atoms with E-state index in [0.717, 1.165) is 11.3 Å². The van der Waals surface area contributed by atoms with Gasteiger partial charge in [-0.25, -0.2) is 0 Å². The van der Waals surface area contributed by atoms with Crippen molar-refractivity contribution in [2.75, 3.05) is 20.1 Å². The summed E-state index contributed by atoms with van der Waals surface area (Å²) in [7, 11) is 2.28. The summed E-state index contributed by atoms with van der Waals surface area (Å²) in [5.41, 5.74) is 0.809. The lowest BCUT2D eigenvalue weighted by Gasteiger charge is -2.15. The van der Waals surface area contributed by atoms with Gasteiger partial charge in [0.15, 0.2) is 0 Å². The Labute approximate surface area is 76.1 Å². The molecule has 2 fully saturated rings. The van der Waals surface area contributed by atoms with Crippen LogP contribution in [0.1, 0.15) is 39.0 Å². The van der Waals surface area contributed by atoms with E-state index in [1.807, 2.05) is 0 Å². The molecule has 0 aromatic carbocycles. The van der Waals surface area contributed by atoms with Crippen molar-refractivity contribution in [3.63, 3.8) is 0 Å². The van der Waals surface area contributed by atoms with Crippen LogP contribution in [0.2, 0.25) is 0 Å². The first-order valence-corrected chi connectivity index (χ1v) is 5.45. The second-order valence-electron chi connectivity index (χ2n) is 4.90. The maximum atomic E-state index is 2.54. The van der Waals surface area contributed by atoms with Gasteiger partial charge in [0.05, 0.1) is 0 Å². The van der Waals surface area contributed by atoms with Gasteiger partial charge in [-0.2, -0.15) is 0 Å². The molecule has 0 radical (unpaired) electrons. The zero-order valence-corrected chi connectivity index (χ0v) is 8.47. The molecule has 0 aromatic rings. The fourth-order valence-electron chi connectivity index (χ4n) is 2.88. The van der Waals surface area contributed by atoms with Crippen LogP contribution in [0.4, 0.5) is 0 Å². The van der Waals surface area contributed by atoms with Gasteiger partial charge in [0.1, 0.15) is 0 Å². The fraction of sp³-hybridized carbons (Fsp3) is 1.00. The van der Waals surface area contributed by atoms with E-state index in [1.165, 1.54) is 45.2 Å². The molecule has 0 aromatic heterocycles. The number of rotatable bonds is 3. The van der Waals surface area contributed by atoms with E-state index in [4.69, 9.17) is 0 Å². The smallest absolute Gasteiger partial charge is 0.00382 e. The number of hydrogen-bond acceptors (Lipinski definition) is 1. The van der Waals surface area contributed by atoms with Crippen LogP contribution in [-0.2, 0) is 0 Å². The van der Waals surface area contributed by atoms with Gasteiger partial charge in [-0.3, -0.25) is 0 Å². The van der Waals surface area contributed by atoms with E-state index in [1.54, 1.807) is 0 Å². The molecule has 2 aliphatic rings. The molecule has 1 atom stereocenters. The first-order chi connectivity index (χ1) is 5.77. The largest absolute Gasteiger partial charge is 0.306 e. The van der Waals surface area contributed by atoms with Crippen molar-refractivity contribution in [3.8, 4) is 0 Å². The lowest BCUT2D eigenvalue weighted by atomic mass is 9.88. The summed E-state index contributed by atoms with van der Waals surface area (Å²) in [5, 5.41) is 0. The van der Waals surface area contributed by atoms with Gasteiger partial charge in [-0.1, -0.05) is 19.8 Å². The van der Waals surface area contributed by atoms with Gasteiger partial charge in [0.25, 0.3) is 0 Å². The Balaban J connectivity index is 1.88. The topological polar surface area (TPSA) is 3.24 Å². The minimum Gasteiger partial charge on any atom is -0.306 e. The second kappa shape index (κ2) is 3.02. The van der Waals surface area contributed by atoms with Crippen LogP contribution >= 0.6 is 0 Å². The van der Waals surface area contributed by atoms with E-state index < -0.39 is 0 Å². The van der Waals surface area contributed by atoms with E-state index in [0.29, 0.717) is 0 Å². The van der Waals surface area contributed by atoms with Crippen LogP contribution in [0.15, 0.2) is 0 Å². The number of nitrogens with zero attached hydrogens (tertiary/aromatic N) is 1. The highest BCUT2D eigenvalue weighted by molar-refractivity contribution is 5.04. The quantitative estimate of drug-likeness (QED) is 0.624. The molecule has 0 bridgehead atoms. The van der Waals surface area contributed by atoms with Crippen LogP contribution in [0.5, 0.6) is 0 Å². The van der Waals surface area contributed by atoms with Gasteiger partial charge < -0.3 is 4.90 Å². The molecule has 1 nitrogen and oxygen atoms in total. The summed E-state index contributed by atoms with van der Waals surface area (Å²) in [5.74, 6) is 1.04. The molecule has 1 unspecified atom stereocenters. The monoisotopic (exact) mass is 167 g/mol. The summed E-state index contributed by atoms with van der Waals surface area (Å²) in [6, 6.07) is 0. The first-order valence-electron chi connectivity index (χ1n) is 5.45. The SMILES string of the molecule is CCCCC1CN(C)CC12CC2. The predicted molar refractivity (Wildman–Crippen MR) is 52.2 cm³/mol. The van der Waals surface area contributed by atoms with Crippen LogP contribution in [0, 0.1) is 11.3 Å². The predicted octanol–water partition coefficient (Wildman–Crippen LogP) is 2.52. The Bertz CT molecular complexity index is 160. The molecule has 2 rings (SSSR count). The van der Waals surface area contributed by atoms with Crippen molar-refractivity contribution in [1.29, 1.82) is 0 Å². The van der Waals surface area contributed by atoms with E-state index in [9.17, 15) is 0 Å². The zero-order chi connectivity index (χ0) is 8.60. The van der Waals surface area contributed by atoms with Gasteiger partial charge in [0, 0.05) is 13.1 Å². The summed E-state index contributed by atoms with van der Waals surface area (Å²) in [6.45, 7) is 5.07. The standard InChI is InChI=1S/C11H21N/c1-3-4-5-10-8-12(2)9-11(10)6-7-11/h10H,3-9H2,1-2H3. The summed E-state index contributed by atoms with van der Waals surface area (Å²) in [4.78, 5) is 2.54. The molecular weight excluding hydrogens is 146 g/mol. The summed E-state index contributed by atoms with van der Waals surface area (Å²) < 4.78 is 0. The molecule has 1 spiro atoms. The van der Waals surface area contributed by atoms with Crippen LogP contribution in [0.3, 0.4) is 0 Å². The highest BCUT2D eigenvalue weighted by atomic mass is 15.1. The van der Waals surface area contributed by atoms with E-state index in [2.05, 4.69) is 18.9 Å². The second-order valence-corrected chi connectivity index (χ2v) is 4.90. The Kier molecular flexibility index (Phi) is 2.16. The van der Waals surface area contributed by atoms with Gasteiger partial charge in [-0.05, 0) is 37.6 Å². The molecule has 1 saturated heterocycles. The maximum absolute atomic E-state index is 2.54. The first kappa shape index (κ1) is 8.55. The van der Waals surface area contributed by atoms with Crippen molar-refractivity contribution < 1.29 is 0 Å². The highest BCUT2D eigenvalue weighted by Gasteiger charge is 2.53. The molecule has 0 amide bonds. The number of hydrogen-bond donors (Lipinski definition) is 0. The summed E-state index contributed by atoms with van der Waals surface area (Å²) >= 11 is 0. The Morgan fingerprint density at radius 3 is 2.75 bits per heavy atom. The summed E-state index contributed by atoms with van der Waals surface area (Å²) in [6.07, 6.45) is 7.34. The third kappa shape index (κ3) is 1.39. The average molecular weight is 167 g/mol. The van der Waals surface area contributed by atoms with Crippen molar-refractivity contribution in [2.45, 2.75) is 39.0 Å². The molecule has 1 aliphatic heterocycles. The minimum atomic E-state index is 0.809. The Hall–Kier alpha value is -0.0400. The lowest BCUT2D eigenvalue weighted by Crippen LogP contribution is -2.14. The number of likely N-dealkylation sites (tertiary alicyclic amines) is 1. The molecule has 1 aliphatic carbocycles. The van der Waals surface area contributed by atoms with Crippen LogP contribution in [-0.4, -0.2) is 25.0 Å². The maximum Gasteiger partial charge on any atom is 0.00382 e. The Morgan fingerprint density at radius 1 is 1.42 bits per heavy atom. The van der Waals surface area contributed by atoms with Gasteiger partial charge in [-0.15, -0.1) is 0 Å². The molecule has 1 saturated carbocycles. The highest BCUT2D eigenvalue weighted by Crippen LogP contribution is 2.57. The minimum absolute atomic E-state index is 0.809. The zero-order valence-electron chi connectivity index (χ0n) is 8.47. The normalized spacial score (nSPS) is 33.0. The molecule has 1 heteroatoms. The van der Waals surface area contributed by atoms with Crippen LogP contribution < -0.4 is 0 Å². The Morgan fingerprint density at radius 2 is 2.17 bits per heavy atom. The van der Waals surface area contributed by atoms with Crippen LogP contribution in [0.25, 0.3) is 0 Å². The molecule has 12 heavy (non-hydrogen) atoms. The third-order valence-electron chi connectivity index (χ3n) is 3.78. The van der Waals surface area contributed by atoms with Gasteiger partial charge in [0.2, 0.25) is 0 Å². The fourth-order valence-corrected chi connectivity index (χ4v) is 2.88. The van der Waals surface area contributed by atoms with Crippen molar-refractivity contribution in [2.24, 2.45) is 11.3 Å². The molecular formula is C11H21N. The third-order valence-corrected chi connectivity index (χ3v) is 3.78. The van der Waals surface area contributed by atoms with Crippen molar-refractivity contribution in [3.05, 3.63) is 0 Å². The van der Waals surface area contributed by atoms with Crippen molar-refractivity contribution >= 4 is 0 Å². The van der Waals surface area contributed by atoms with E-state index in [-0.39, 0.29) is 0 Å². The average Bonchev–Trinajstić information content (AvgIpc) is 2.70. The molecule has 70 valence electrons. The van der Waals surface area contributed by atoms with E-state index >= 15 is 0 Å². The van der Waals surface area contributed by atoms with Crippen molar-refractivity contribution in [1.82, 2.24) is 4.90 Å². The lowest BCUT2D eigenvalue weighted by molar-refractivity contribution is 0.362. The van der Waals surface area contributed by atoms with Gasteiger partial charge >= 0.3 is 0 Å².